The first-order valence-corrected chi connectivity index (χ1v) is 7.01. The van der Waals surface area contributed by atoms with Crippen LogP contribution in [0.15, 0.2) is 30.6 Å². The van der Waals surface area contributed by atoms with Crippen molar-refractivity contribution < 1.29 is 0 Å². The van der Waals surface area contributed by atoms with E-state index in [1.165, 1.54) is 0 Å². The molecule has 0 bridgehead atoms. The maximum absolute atomic E-state index is 9.01. The van der Waals surface area contributed by atoms with Crippen LogP contribution in [0.1, 0.15) is 37.7 Å². The monoisotopic (exact) mass is 288 g/mol. The van der Waals surface area contributed by atoms with Crippen LogP contribution in [-0.2, 0) is 0 Å². The van der Waals surface area contributed by atoms with Gasteiger partial charge < -0.3 is 5.32 Å². The van der Waals surface area contributed by atoms with E-state index < -0.39 is 0 Å². The Hall–Kier alpha value is -1.83. The normalized spacial score (nSPS) is 12.1. The van der Waals surface area contributed by atoms with Gasteiger partial charge >= 0.3 is 0 Å². The predicted molar refractivity (Wildman–Crippen MR) is 80.0 cm³/mol. The number of halogens is 1. The molecule has 0 fully saturated rings. The van der Waals surface area contributed by atoms with E-state index in [1.807, 2.05) is 24.3 Å². The lowest BCUT2D eigenvalue weighted by Gasteiger charge is -2.15. The van der Waals surface area contributed by atoms with Gasteiger partial charge in [-0.25, -0.2) is 4.98 Å². The summed E-state index contributed by atoms with van der Waals surface area (Å²) in [5, 5.41) is 13.0. The molecule has 1 atom stereocenters. The highest BCUT2D eigenvalue weighted by Gasteiger charge is 2.11. The van der Waals surface area contributed by atoms with Gasteiger partial charge in [0.25, 0.3) is 0 Å². The number of aromatic nitrogens is 2. The first-order chi connectivity index (χ1) is 9.67. The zero-order valence-corrected chi connectivity index (χ0v) is 12.4. The van der Waals surface area contributed by atoms with Crippen LogP contribution in [-0.4, -0.2) is 16.1 Å². The Kier molecular flexibility index (Phi) is 4.78. The van der Waals surface area contributed by atoms with E-state index in [4.69, 9.17) is 16.9 Å². The fourth-order valence-electron chi connectivity index (χ4n) is 2.05. The summed E-state index contributed by atoms with van der Waals surface area (Å²) in [5.74, 6) is 0.330. The minimum atomic E-state index is 0.250. The van der Waals surface area contributed by atoms with Crippen molar-refractivity contribution in [3.63, 3.8) is 0 Å². The molecule has 0 aliphatic rings. The molecule has 1 heterocycles. The van der Waals surface area contributed by atoms with Crippen LogP contribution >= 0.6 is 11.6 Å². The third-order valence-corrected chi connectivity index (χ3v) is 3.48. The molecule has 0 amide bonds. The van der Waals surface area contributed by atoms with Gasteiger partial charge in [0, 0.05) is 18.4 Å². The van der Waals surface area contributed by atoms with Crippen LogP contribution in [0.5, 0.6) is 0 Å². The second-order valence-corrected chi connectivity index (χ2v) is 5.03. The molecule has 2 rings (SSSR count). The number of nitrogens with zero attached hydrogens (tertiary/aromatic N) is 3. The Balaban J connectivity index is 2.29. The summed E-state index contributed by atoms with van der Waals surface area (Å²) in [6.45, 7) is 5.22. The Morgan fingerprint density at radius 1 is 1.50 bits per heavy atom. The number of nitriles is 1. The van der Waals surface area contributed by atoms with Gasteiger partial charge in [-0.05, 0) is 37.6 Å². The molecule has 0 saturated carbocycles. The maximum atomic E-state index is 9.01. The molecule has 1 aromatic heterocycles. The molecule has 0 spiro atoms. The molecule has 5 heteroatoms. The van der Waals surface area contributed by atoms with Crippen molar-refractivity contribution in [3.05, 3.63) is 47.0 Å². The number of nitrogens with one attached hydrogen (secondary N) is 1. The minimum absolute atomic E-state index is 0.250. The van der Waals surface area contributed by atoms with Gasteiger partial charge in [-0.2, -0.15) is 5.26 Å². The van der Waals surface area contributed by atoms with E-state index in [0.717, 1.165) is 24.2 Å². The SMILES string of the molecule is CCCNC(C)c1ccc(-n2ccnc2C#N)c(Cl)c1. The van der Waals surface area contributed by atoms with E-state index in [1.54, 1.807) is 17.0 Å². The minimum Gasteiger partial charge on any atom is -0.310 e. The molecule has 20 heavy (non-hydrogen) atoms. The van der Waals surface area contributed by atoms with Crippen LogP contribution in [0.2, 0.25) is 5.02 Å². The van der Waals surface area contributed by atoms with Crippen LogP contribution < -0.4 is 5.32 Å². The second kappa shape index (κ2) is 6.56. The molecular weight excluding hydrogens is 272 g/mol. The summed E-state index contributed by atoms with van der Waals surface area (Å²) in [7, 11) is 0. The highest BCUT2D eigenvalue weighted by atomic mass is 35.5. The number of hydrogen-bond acceptors (Lipinski definition) is 3. The lowest BCUT2D eigenvalue weighted by molar-refractivity contribution is 0.570. The molecular formula is C15H17ClN4. The summed E-state index contributed by atoms with van der Waals surface area (Å²) < 4.78 is 1.69. The van der Waals surface area contributed by atoms with Gasteiger partial charge in [-0.15, -0.1) is 0 Å². The van der Waals surface area contributed by atoms with Gasteiger partial charge in [0.15, 0.2) is 0 Å². The molecule has 0 aliphatic heterocycles. The summed E-state index contributed by atoms with van der Waals surface area (Å²) in [5.41, 5.74) is 1.90. The highest BCUT2D eigenvalue weighted by molar-refractivity contribution is 6.32. The predicted octanol–water partition coefficient (Wildman–Crippen LogP) is 3.46. The topological polar surface area (TPSA) is 53.6 Å². The number of benzene rings is 1. The van der Waals surface area contributed by atoms with Crippen LogP contribution in [0.4, 0.5) is 0 Å². The van der Waals surface area contributed by atoms with Crippen molar-refractivity contribution in [2.45, 2.75) is 26.3 Å². The van der Waals surface area contributed by atoms with E-state index in [2.05, 4.69) is 24.1 Å². The molecule has 4 nitrogen and oxygen atoms in total. The van der Waals surface area contributed by atoms with E-state index in [-0.39, 0.29) is 6.04 Å². The van der Waals surface area contributed by atoms with Gasteiger partial charge in [-0.3, -0.25) is 4.57 Å². The van der Waals surface area contributed by atoms with Crippen molar-refractivity contribution in [2.24, 2.45) is 0 Å². The molecule has 1 aromatic carbocycles. The zero-order chi connectivity index (χ0) is 14.5. The molecule has 0 saturated heterocycles. The number of hydrogen-bond donors (Lipinski definition) is 1. The standard InChI is InChI=1S/C15H17ClN4/c1-3-6-18-11(2)12-4-5-14(13(16)9-12)20-8-7-19-15(20)10-17/h4-5,7-9,11,18H,3,6H2,1-2H3. The van der Waals surface area contributed by atoms with Crippen LogP contribution in [0, 0.1) is 11.3 Å². The summed E-state index contributed by atoms with van der Waals surface area (Å²) in [6, 6.07) is 8.18. The quantitative estimate of drug-likeness (QED) is 0.917. The average Bonchev–Trinajstić information content (AvgIpc) is 2.92. The van der Waals surface area contributed by atoms with Crippen molar-refractivity contribution in [1.82, 2.24) is 14.9 Å². The van der Waals surface area contributed by atoms with E-state index >= 15 is 0 Å². The van der Waals surface area contributed by atoms with Crippen molar-refractivity contribution in [2.75, 3.05) is 6.54 Å². The van der Waals surface area contributed by atoms with E-state index in [9.17, 15) is 0 Å². The smallest absolute Gasteiger partial charge is 0.217 e. The third kappa shape index (κ3) is 3.01. The zero-order valence-electron chi connectivity index (χ0n) is 11.6. The molecule has 0 aliphatic carbocycles. The first kappa shape index (κ1) is 14.6. The van der Waals surface area contributed by atoms with Crippen molar-refractivity contribution in [1.29, 1.82) is 5.26 Å². The second-order valence-electron chi connectivity index (χ2n) is 4.62. The lowest BCUT2D eigenvalue weighted by atomic mass is 10.1. The van der Waals surface area contributed by atoms with Gasteiger partial charge in [0.05, 0.1) is 10.7 Å². The van der Waals surface area contributed by atoms with E-state index in [0.29, 0.717) is 10.8 Å². The summed E-state index contributed by atoms with van der Waals surface area (Å²) in [4.78, 5) is 3.98. The average molecular weight is 289 g/mol. The summed E-state index contributed by atoms with van der Waals surface area (Å²) in [6.07, 6.45) is 4.42. The molecule has 1 N–H and O–H groups in total. The molecule has 1 unspecified atom stereocenters. The third-order valence-electron chi connectivity index (χ3n) is 3.17. The summed E-state index contributed by atoms with van der Waals surface area (Å²) >= 11 is 6.34. The molecule has 2 aromatic rings. The van der Waals surface area contributed by atoms with Crippen LogP contribution in [0.25, 0.3) is 5.69 Å². The first-order valence-electron chi connectivity index (χ1n) is 6.64. The fourth-order valence-corrected chi connectivity index (χ4v) is 2.33. The molecule has 104 valence electrons. The van der Waals surface area contributed by atoms with Crippen molar-refractivity contribution in [3.8, 4) is 11.8 Å². The Labute approximate surface area is 124 Å². The maximum Gasteiger partial charge on any atom is 0.217 e. The Morgan fingerprint density at radius 3 is 2.95 bits per heavy atom. The Morgan fingerprint density at radius 2 is 2.30 bits per heavy atom. The lowest BCUT2D eigenvalue weighted by Crippen LogP contribution is -2.19. The van der Waals surface area contributed by atoms with Crippen LogP contribution in [0.3, 0.4) is 0 Å². The van der Waals surface area contributed by atoms with Gasteiger partial charge in [0.1, 0.15) is 6.07 Å². The number of imidazole rings is 1. The number of rotatable bonds is 5. The highest BCUT2D eigenvalue weighted by Crippen LogP contribution is 2.25. The fraction of sp³-hybridized carbons (Fsp3) is 0.333. The van der Waals surface area contributed by atoms with Gasteiger partial charge in [-0.1, -0.05) is 24.6 Å². The van der Waals surface area contributed by atoms with Gasteiger partial charge in [0.2, 0.25) is 5.82 Å². The largest absolute Gasteiger partial charge is 0.310 e. The molecule has 0 radical (unpaired) electrons. The van der Waals surface area contributed by atoms with Crippen molar-refractivity contribution >= 4 is 11.6 Å². The Bertz CT molecular complexity index is 627.